The SMILES string of the molecule is CO[C@H]1C=C[C@@]2(c3ccc4c(c3)OCO4)[C@@H](O[Si](C)(C)C)CN(C(=O)OC(C)(C)C)[C@H]2C1. The van der Waals surface area contributed by atoms with E-state index in [-0.39, 0.29) is 31.1 Å². The van der Waals surface area contributed by atoms with Crippen molar-refractivity contribution in [2.24, 2.45) is 0 Å². The number of hydrogen-bond donors (Lipinski definition) is 0. The van der Waals surface area contributed by atoms with Crippen LogP contribution < -0.4 is 9.47 Å². The van der Waals surface area contributed by atoms with Gasteiger partial charge < -0.3 is 28.3 Å². The molecule has 176 valence electrons. The lowest BCUT2D eigenvalue weighted by molar-refractivity contribution is 0.0130. The normalized spacial score (nSPS) is 29.2. The van der Waals surface area contributed by atoms with E-state index in [1.165, 1.54) is 0 Å². The van der Waals surface area contributed by atoms with Crippen molar-refractivity contribution in [3.8, 4) is 11.5 Å². The van der Waals surface area contributed by atoms with Crippen molar-refractivity contribution in [3.05, 3.63) is 35.9 Å². The predicted molar refractivity (Wildman–Crippen MR) is 124 cm³/mol. The molecule has 1 amide bonds. The zero-order chi connectivity index (χ0) is 23.3. The second-order valence-corrected chi connectivity index (χ2v) is 15.2. The van der Waals surface area contributed by atoms with E-state index in [0.717, 1.165) is 17.1 Å². The van der Waals surface area contributed by atoms with Crippen LogP contribution in [0.3, 0.4) is 0 Å². The van der Waals surface area contributed by atoms with E-state index in [1.54, 1.807) is 7.11 Å². The zero-order valence-corrected chi connectivity index (χ0v) is 21.1. The Kier molecular flexibility index (Phi) is 5.84. The van der Waals surface area contributed by atoms with Crippen LogP contribution >= 0.6 is 0 Å². The number of rotatable bonds is 4. The monoisotopic (exact) mass is 461 g/mol. The van der Waals surface area contributed by atoms with Gasteiger partial charge >= 0.3 is 6.09 Å². The molecule has 0 bridgehead atoms. The maximum absolute atomic E-state index is 13.3. The van der Waals surface area contributed by atoms with Crippen LogP contribution in [0, 0.1) is 0 Å². The van der Waals surface area contributed by atoms with Gasteiger partial charge in [-0.3, -0.25) is 0 Å². The second-order valence-electron chi connectivity index (χ2n) is 10.7. The Labute approximate surface area is 191 Å². The molecular formula is C24H35NO6Si. The molecule has 4 atom stereocenters. The molecule has 1 aromatic carbocycles. The summed E-state index contributed by atoms with van der Waals surface area (Å²) in [6.45, 7) is 12.9. The third-order valence-corrected chi connectivity index (χ3v) is 7.16. The first-order valence-electron chi connectivity index (χ1n) is 11.2. The smallest absolute Gasteiger partial charge is 0.410 e. The molecule has 0 saturated carbocycles. The first-order chi connectivity index (χ1) is 14.9. The molecule has 3 aliphatic rings. The number of likely N-dealkylation sites (tertiary alicyclic amines) is 1. The number of hydrogen-bond acceptors (Lipinski definition) is 6. The molecule has 1 aromatic rings. The van der Waals surface area contributed by atoms with Gasteiger partial charge in [0.2, 0.25) is 6.79 Å². The summed E-state index contributed by atoms with van der Waals surface area (Å²) in [5, 5.41) is 0. The van der Waals surface area contributed by atoms with Crippen molar-refractivity contribution in [1.29, 1.82) is 0 Å². The van der Waals surface area contributed by atoms with Crippen LogP contribution in [0.4, 0.5) is 4.79 Å². The summed E-state index contributed by atoms with van der Waals surface area (Å²) < 4.78 is 29.5. The predicted octanol–water partition coefficient (Wildman–Crippen LogP) is 4.47. The van der Waals surface area contributed by atoms with E-state index in [1.807, 2.05) is 37.8 Å². The molecule has 0 spiro atoms. The van der Waals surface area contributed by atoms with Gasteiger partial charge in [-0.2, -0.15) is 0 Å². The highest BCUT2D eigenvalue weighted by atomic mass is 28.4. The average Bonchev–Trinajstić information content (AvgIpc) is 3.27. The highest BCUT2D eigenvalue weighted by Crippen LogP contribution is 2.50. The molecule has 1 aliphatic carbocycles. The summed E-state index contributed by atoms with van der Waals surface area (Å²) >= 11 is 0. The number of methoxy groups -OCH3 is 1. The van der Waals surface area contributed by atoms with Crippen molar-refractivity contribution in [2.45, 2.75) is 76.1 Å². The average molecular weight is 462 g/mol. The van der Waals surface area contributed by atoms with Gasteiger partial charge in [-0.15, -0.1) is 0 Å². The molecular weight excluding hydrogens is 426 g/mol. The van der Waals surface area contributed by atoms with E-state index >= 15 is 0 Å². The molecule has 0 unspecified atom stereocenters. The lowest BCUT2D eigenvalue weighted by Gasteiger charge is -2.44. The molecule has 4 rings (SSSR count). The molecule has 7 nitrogen and oxygen atoms in total. The van der Waals surface area contributed by atoms with Crippen LogP contribution in [0.1, 0.15) is 32.8 Å². The Hall–Kier alpha value is -2.03. The zero-order valence-electron chi connectivity index (χ0n) is 20.1. The number of ether oxygens (including phenoxy) is 4. The summed E-state index contributed by atoms with van der Waals surface area (Å²) in [6, 6.07) is 5.87. The van der Waals surface area contributed by atoms with Crippen LogP contribution in [-0.2, 0) is 19.3 Å². The maximum Gasteiger partial charge on any atom is 0.410 e. The Morgan fingerprint density at radius 1 is 1.19 bits per heavy atom. The van der Waals surface area contributed by atoms with Gasteiger partial charge in [-0.1, -0.05) is 18.2 Å². The minimum Gasteiger partial charge on any atom is -0.454 e. The number of benzene rings is 1. The highest BCUT2D eigenvalue weighted by molar-refractivity contribution is 6.69. The number of carbonyl (C=O) groups is 1. The number of carbonyl (C=O) groups excluding carboxylic acids is 1. The molecule has 32 heavy (non-hydrogen) atoms. The van der Waals surface area contributed by atoms with E-state index in [9.17, 15) is 4.79 Å². The quantitative estimate of drug-likeness (QED) is 0.487. The van der Waals surface area contributed by atoms with Crippen molar-refractivity contribution in [2.75, 3.05) is 20.4 Å². The summed E-state index contributed by atoms with van der Waals surface area (Å²) in [5.74, 6) is 1.46. The van der Waals surface area contributed by atoms with Crippen LogP contribution in [0.2, 0.25) is 19.6 Å². The van der Waals surface area contributed by atoms with Gasteiger partial charge in [0.25, 0.3) is 0 Å². The number of amides is 1. The van der Waals surface area contributed by atoms with Crippen molar-refractivity contribution in [3.63, 3.8) is 0 Å². The second kappa shape index (κ2) is 8.08. The first kappa shape index (κ1) is 23.1. The Morgan fingerprint density at radius 2 is 1.91 bits per heavy atom. The fraction of sp³-hybridized carbons (Fsp3) is 0.625. The summed E-state index contributed by atoms with van der Waals surface area (Å²) in [6.07, 6.45) is 4.33. The summed E-state index contributed by atoms with van der Waals surface area (Å²) in [4.78, 5) is 15.2. The van der Waals surface area contributed by atoms with E-state index in [4.69, 9.17) is 23.4 Å². The lowest BCUT2D eigenvalue weighted by Crippen LogP contribution is -2.52. The van der Waals surface area contributed by atoms with Gasteiger partial charge in [-0.05, 0) is 64.5 Å². The maximum atomic E-state index is 13.3. The third kappa shape index (κ3) is 4.28. The molecule has 1 fully saturated rings. The summed E-state index contributed by atoms with van der Waals surface area (Å²) in [7, 11) is -0.235. The third-order valence-electron chi connectivity index (χ3n) is 6.16. The largest absolute Gasteiger partial charge is 0.454 e. The molecule has 2 heterocycles. The number of fused-ring (bicyclic) bond motifs is 2. The van der Waals surface area contributed by atoms with Gasteiger partial charge in [0.15, 0.2) is 19.8 Å². The standard InChI is InChI=1S/C24H35NO6Si/c1-23(2,3)30-22(26)25-14-21(31-32(5,6)7)24(11-10-17(27-4)13-20(24)25)16-8-9-18-19(12-16)29-15-28-18/h8-12,17,20-21H,13-15H2,1-7H3/t17-,20-,21-,24-/m0/s1. The molecule has 1 saturated heterocycles. The Bertz CT molecular complexity index is 905. The molecule has 0 radical (unpaired) electrons. The van der Waals surface area contributed by atoms with Gasteiger partial charge in [0.05, 0.1) is 30.2 Å². The Morgan fingerprint density at radius 3 is 2.56 bits per heavy atom. The molecule has 0 aromatic heterocycles. The van der Waals surface area contributed by atoms with E-state index in [0.29, 0.717) is 13.0 Å². The van der Waals surface area contributed by atoms with Crippen LogP contribution in [-0.4, -0.2) is 63.6 Å². The molecule has 2 aliphatic heterocycles. The highest BCUT2D eigenvalue weighted by Gasteiger charge is 2.59. The van der Waals surface area contributed by atoms with E-state index < -0.39 is 19.3 Å². The van der Waals surface area contributed by atoms with Crippen molar-refractivity contribution >= 4 is 14.4 Å². The van der Waals surface area contributed by atoms with E-state index in [2.05, 4.69) is 37.9 Å². The number of nitrogens with zero attached hydrogens (tertiary/aromatic N) is 1. The van der Waals surface area contributed by atoms with Gasteiger partial charge in [0.1, 0.15) is 5.60 Å². The fourth-order valence-corrected chi connectivity index (χ4v) is 6.06. The summed E-state index contributed by atoms with van der Waals surface area (Å²) in [5.41, 5.74) is -0.0685. The van der Waals surface area contributed by atoms with Crippen LogP contribution in [0.25, 0.3) is 0 Å². The minimum absolute atomic E-state index is 0.0855. The van der Waals surface area contributed by atoms with Crippen molar-refractivity contribution in [1.82, 2.24) is 4.90 Å². The topological polar surface area (TPSA) is 66.5 Å². The van der Waals surface area contributed by atoms with Crippen LogP contribution in [0.5, 0.6) is 11.5 Å². The van der Waals surface area contributed by atoms with Gasteiger partial charge in [-0.25, -0.2) is 4.79 Å². The molecule has 0 N–H and O–H groups in total. The molecule has 8 heteroatoms. The fourth-order valence-electron chi connectivity index (χ4n) is 4.93. The van der Waals surface area contributed by atoms with Crippen molar-refractivity contribution < 1.29 is 28.2 Å². The van der Waals surface area contributed by atoms with Crippen LogP contribution in [0.15, 0.2) is 30.4 Å². The Balaban J connectivity index is 1.83. The minimum atomic E-state index is -1.94. The first-order valence-corrected chi connectivity index (χ1v) is 14.6. The van der Waals surface area contributed by atoms with Gasteiger partial charge in [0, 0.05) is 7.11 Å². The lowest BCUT2D eigenvalue weighted by atomic mass is 9.68.